The van der Waals surface area contributed by atoms with Gasteiger partial charge in [-0.1, -0.05) is 42.5 Å². The summed E-state index contributed by atoms with van der Waals surface area (Å²) < 4.78 is 2.00. The van der Waals surface area contributed by atoms with Crippen molar-refractivity contribution in [3.63, 3.8) is 0 Å². The molecule has 0 radical (unpaired) electrons. The van der Waals surface area contributed by atoms with Crippen LogP contribution in [0.1, 0.15) is 17.3 Å². The minimum Gasteiger partial charge on any atom is -0.238 e. The molecule has 1 aliphatic rings. The third-order valence-electron chi connectivity index (χ3n) is 3.00. The molecule has 0 saturated carbocycles. The number of rotatable bonds is 2. The quantitative estimate of drug-likeness (QED) is 0.761. The molecule has 1 aromatic heterocycles. The molecule has 1 aliphatic carbocycles. The van der Waals surface area contributed by atoms with Gasteiger partial charge in [-0.05, 0) is 25.1 Å². The summed E-state index contributed by atoms with van der Waals surface area (Å²) in [5.74, 6) is 0.332. The summed E-state index contributed by atoms with van der Waals surface area (Å²) in [7, 11) is 0. The topological polar surface area (TPSA) is 17.8 Å². The number of para-hydroxylation sites is 1. The average molecular weight is 222 g/mol. The maximum Gasteiger partial charge on any atom is 0.0738 e. The van der Waals surface area contributed by atoms with E-state index in [1.165, 1.54) is 5.69 Å². The van der Waals surface area contributed by atoms with Gasteiger partial charge in [0.1, 0.15) is 0 Å². The maximum atomic E-state index is 4.68. The standard InChI is InChI=1S/C15H14N2/c1-12-11-15(13-7-5-6-8-13)16-17(12)14-9-3-2-4-10-14/h2-11,13H,1H3. The third-order valence-corrected chi connectivity index (χ3v) is 3.00. The summed E-state index contributed by atoms with van der Waals surface area (Å²) in [5, 5.41) is 4.68. The van der Waals surface area contributed by atoms with E-state index in [2.05, 4.69) is 54.5 Å². The van der Waals surface area contributed by atoms with E-state index in [9.17, 15) is 0 Å². The molecule has 0 N–H and O–H groups in total. The highest BCUT2D eigenvalue weighted by molar-refractivity contribution is 5.36. The Labute approximate surface area is 101 Å². The van der Waals surface area contributed by atoms with E-state index in [0.717, 1.165) is 11.4 Å². The van der Waals surface area contributed by atoms with Crippen molar-refractivity contribution in [2.75, 3.05) is 0 Å². The number of hydrogen-bond donors (Lipinski definition) is 0. The number of allylic oxidation sites excluding steroid dienone is 4. The first-order valence-electron chi connectivity index (χ1n) is 5.81. The number of aromatic nitrogens is 2. The van der Waals surface area contributed by atoms with E-state index < -0.39 is 0 Å². The van der Waals surface area contributed by atoms with Crippen LogP contribution in [-0.4, -0.2) is 9.78 Å². The van der Waals surface area contributed by atoms with Gasteiger partial charge in [-0.3, -0.25) is 0 Å². The lowest BCUT2D eigenvalue weighted by Crippen LogP contribution is -1.99. The summed E-state index contributed by atoms with van der Waals surface area (Å²) in [4.78, 5) is 0. The van der Waals surface area contributed by atoms with Gasteiger partial charge in [-0.15, -0.1) is 0 Å². The highest BCUT2D eigenvalue weighted by Crippen LogP contribution is 2.23. The zero-order valence-corrected chi connectivity index (χ0v) is 9.75. The van der Waals surface area contributed by atoms with Crippen LogP contribution >= 0.6 is 0 Å². The predicted molar refractivity (Wildman–Crippen MR) is 69.3 cm³/mol. The molecule has 17 heavy (non-hydrogen) atoms. The van der Waals surface area contributed by atoms with Crippen molar-refractivity contribution in [1.82, 2.24) is 9.78 Å². The van der Waals surface area contributed by atoms with Crippen LogP contribution in [0.4, 0.5) is 0 Å². The van der Waals surface area contributed by atoms with E-state index >= 15 is 0 Å². The molecule has 0 unspecified atom stereocenters. The first-order valence-corrected chi connectivity index (χ1v) is 5.81. The first-order chi connectivity index (χ1) is 8.34. The van der Waals surface area contributed by atoms with Crippen LogP contribution in [0.25, 0.3) is 5.69 Å². The van der Waals surface area contributed by atoms with Gasteiger partial charge in [0.25, 0.3) is 0 Å². The van der Waals surface area contributed by atoms with Crippen molar-refractivity contribution >= 4 is 0 Å². The molecular weight excluding hydrogens is 208 g/mol. The minimum atomic E-state index is 0.332. The molecular formula is C15H14N2. The number of nitrogens with zero attached hydrogens (tertiary/aromatic N) is 2. The normalized spacial score (nSPS) is 14.6. The number of benzene rings is 1. The van der Waals surface area contributed by atoms with Gasteiger partial charge in [0.15, 0.2) is 0 Å². The van der Waals surface area contributed by atoms with Crippen LogP contribution in [-0.2, 0) is 0 Å². The lowest BCUT2D eigenvalue weighted by molar-refractivity contribution is 0.813. The van der Waals surface area contributed by atoms with E-state index in [-0.39, 0.29) is 0 Å². The minimum absolute atomic E-state index is 0.332. The van der Waals surface area contributed by atoms with Crippen LogP contribution in [0, 0.1) is 6.92 Å². The van der Waals surface area contributed by atoms with Crippen molar-refractivity contribution in [1.29, 1.82) is 0 Å². The Kier molecular flexibility index (Phi) is 2.41. The molecule has 0 aliphatic heterocycles. The van der Waals surface area contributed by atoms with Crippen molar-refractivity contribution < 1.29 is 0 Å². The summed E-state index contributed by atoms with van der Waals surface area (Å²) in [6.45, 7) is 2.09. The number of hydrogen-bond acceptors (Lipinski definition) is 1. The Bertz CT molecular complexity index is 564. The van der Waals surface area contributed by atoms with Crippen molar-refractivity contribution in [3.8, 4) is 5.69 Å². The molecule has 3 rings (SSSR count). The van der Waals surface area contributed by atoms with Gasteiger partial charge in [0.2, 0.25) is 0 Å². The second-order valence-corrected chi connectivity index (χ2v) is 4.25. The van der Waals surface area contributed by atoms with Gasteiger partial charge < -0.3 is 0 Å². The van der Waals surface area contributed by atoms with E-state index in [4.69, 9.17) is 0 Å². The largest absolute Gasteiger partial charge is 0.238 e. The zero-order chi connectivity index (χ0) is 11.7. The summed E-state index contributed by atoms with van der Waals surface area (Å²) >= 11 is 0. The van der Waals surface area contributed by atoms with E-state index in [1.54, 1.807) is 0 Å². The van der Waals surface area contributed by atoms with Crippen LogP contribution in [0.2, 0.25) is 0 Å². The Morgan fingerprint density at radius 1 is 1.06 bits per heavy atom. The molecule has 2 heteroatoms. The molecule has 0 fully saturated rings. The predicted octanol–water partition coefficient (Wildman–Crippen LogP) is 3.39. The molecule has 0 amide bonds. The van der Waals surface area contributed by atoms with Crippen LogP contribution < -0.4 is 0 Å². The highest BCUT2D eigenvalue weighted by atomic mass is 15.3. The van der Waals surface area contributed by atoms with E-state index in [1.807, 2.05) is 22.9 Å². The fourth-order valence-electron chi connectivity index (χ4n) is 2.12. The molecule has 0 spiro atoms. The molecule has 84 valence electrons. The Balaban J connectivity index is 2.02. The summed E-state index contributed by atoms with van der Waals surface area (Å²) in [5.41, 5.74) is 3.39. The molecule has 2 aromatic rings. The zero-order valence-electron chi connectivity index (χ0n) is 9.75. The van der Waals surface area contributed by atoms with Crippen LogP contribution in [0.5, 0.6) is 0 Å². The van der Waals surface area contributed by atoms with Gasteiger partial charge in [0.05, 0.1) is 11.4 Å². The Morgan fingerprint density at radius 3 is 2.47 bits per heavy atom. The van der Waals surface area contributed by atoms with Gasteiger partial charge >= 0.3 is 0 Å². The second kappa shape index (κ2) is 4.06. The van der Waals surface area contributed by atoms with E-state index in [0.29, 0.717) is 5.92 Å². The smallest absolute Gasteiger partial charge is 0.0738 e. The fourth-order valence-corrected chi connectivity index (χ4v) is 2.12. The van der Waals surface area contributed by atoms with Crippen LogP contribution in [0.15, 0.2) is 60.7 Å². The molecule has 1 heterocycles. The molecule has 0 atom stereocenters. The van der Waals surface area contributed by atoms with Gasteiger partial charge in [-0.2, -0.15) is 5.10 Å². The Morgan fingerprint density at radius 2 is 1.76 bits per heavy atom. The molecule has 1 aromatic carbocycles. The Hall–Kier alpha value is -2.09. The van der Waals surface area contributed by atoms with Crippen molar-refractivity contribution in [3.05, 3.63) is 72.1 Å². The van der Waals surface area contributed by atoms with Gasteiger partial charge in [0, 0.05) is 11.6 Å². The highest BCUT2D eigenvalue weighted by Gasteiger charge is 2.13. The SMILES string of the molecule is Cc1cc(C2C=CC=C2)nn1-c1ccccc1. The fraction of sp³-hybridized carbons (Fsp3) is 0.133. The average Bonchev–Trinajstić information content (AvgIpc) is 2.99. The molecule has 0 bridgehead atoms. The molecule has 0 saturated heterocycles. The summed E-state index contributed by atoms with van der Waals surface area (Å²) in [6, 6.07) is 12.4. The third kappa shape index (κ3) is 1.82. The van der Waals surface area contributed by atoms with Crippen LogP contribution in [0.3, 0.4) is 0 Å². The molecule has 2 nitrogen and oxygen atoms in total. The van der Waals surface area contributed by atoms with Crippen molar-refractivity contribution in [2.24, 2.45) is 0 Å². The second-order valence-electron chi connectivity index (χ2n) is 4.25. The lowest BCUT2D eigenvalue weighted by atomic mass is 10.1. The van der Waals surface area contributed by atoms with Crippen molar-refractivity contribution in [2.45, 2.75) is 12.8 Å². The number of aryl methyl sites for hydroxylation is 1. The maximum absolute atomic E-state index is 4.68. The van der Waals surface area contributed by atoms with Gasteiger partial charge in [-0.25, -0.2) is 4.68 Å². The monoisotopic (exact) mass is 222 g/mol. The lowest BCUT2D eigenvalue weighted by Gasteiger charge is -2.03. The summed E-state index contributed by atoms with van der Waals surface area (Å²) in [6.07, 6.45) is 8.47. The first kappa shape index (κ1) is 10.1.